The van der Waals surface area contributed by atoms with Crippen molar-refractivity contribution in [3.63, 3.8) is 0 Å². The van der Waals surface area contributed by atoms with Crippen molar-refractivity contribution in [3.05, 3.63) is 46.5 Å². The van der Waals surface area contributed by atoms with Crippen LogP contribution in [0.1, 0.15) is 24.1 Å². The lowest BCUT2D eigenvalue weighted by Gasteiger charge is -2.22. The summed E-state index contributed by atoms with van der Waals surface area (Å²) >= 11 is 5.93. The van der Waals surface area contributed by atoms with E-state index in [-0.39, 0.29) is 24.0 Å². The maximum Gasteiger partial charge on any atom is 0.194 e. The predicted molar refractivity (Wildman–Crippen MR) is 109 cm³/mol. The molecule has 6 nitrogen and oxygen atoms in total. The maximum atomic E-state index is 5.93. The number of aliphatic imine (C=N–C) groups is 1. The van der Waals surface area contributed by atoms with E-state index < -0.39 is 0 Å². The molecular weight excluding hydrogens is 439 g/mol. The van der Waals surface area contributed by atoms with E-state index in [1.807, 2.05) is 49.9 Å². The molecule has 0 fully saturated rings. The van der Waals surface area contributed by atoms with Crippen LogP contribution < -0.4 is 5.32 Å². The number of benzene rings is 1. The smallest absolute Gasteiger partial charge is 0.194 e. The van der Waals surface area contributed by atoms with E-state index in [0.717, 1.165) is 35.7 Å². The first-order valence-corrected chi connectivity index (χ1v) is 7.97. The number of hydrogen-bond donors (Lipinski definition) is 1. The van der Waals surface area contributed by atoms with Gasteiger partial charge in [0.15, 0.2) is 11.8 Å². The predicted octanol–water partition coefficient (Wildman–Crippen LogP) is 2.99. The second-order valence-corrected chi connectivity index (χ2v) is 5.81. The number of nitrogens with one attached hydrogen (secondary N) is 1. The molecule has 0 radical (unpaired) electrons. The number of rotatable bonds is 5. The number of nitrogens with zero attached hydrogens (tertiary/aromatic N) is 5. The molecule has 2 aromatic rings. The minimum atomic E-state index is 0. The lowest BCUT2D eigenvalue weighted by Crippen LogP contribution is -2.38. The largest absolute Gasteiger partial charge is 0.357 e. The Bertz CT molecular complexity index is 668. The number of aryl methyl sites for hydroxylation is 1. The van der Waals surface area contributed by atoms with Gasteiger partial charge in [0, 0.05) is 32.2 Å². The van der Waals surface area contributed by atoms with Gasteiger partial charge in [0.25, 0.3) is 0 Å². The summed E-state index contributed by atoms with van der Waals surface area (Å²) < 4.78 is 1.95. The van der Waals surface area contributed by atoms with Crippen LogP contribution in [0.15, 0.2) is 29.3 Å². The Labute approximate surface area is 165 Å². The zero-order chi connectivity index (χ0) is 16.8. The van der Waals surface area contributed by atoms with Crippen LogP contribution in [-0.4, -0.2) is 39.2 Å². The third kappa shape index (κ3) is 5.62. The Kier molecular flexibility index (Phi) is 8.47. The van der Waals surface area contributed by atoms with Crippen molar-refractivity contribution in [3.8, 4) is 0 Å². The van der Waals surface area contributed by atoms with E-state index in [4.69, 9.17) is 11.6 Å². The quantitative estimate of drug-likeness (QED) is 0.422. The van der Waals surface area contributed by atoms with E-state index in [0.29, 0.717) is 6.54 Å². The van der Waals surface area contributed by atoms with Gasteiger partial charge >= 0.3 is 0 Å². The van der Waals surface area contributed by atoms with Crippen molar-refractivity contribution in [1.29, 1.82) is 0 Å². The Morgan fingerprint density at radius 2 is 1.96 bits per heavy atom. The SMILES string of the molecule is CCNC(=NCc1nnc(C)n1C)N(C)Cc1ccc(Cl)cc1.I. The summed E-state index contributed by atoms with van der Waals surface area (Å²) in [5.41, 5.74) is 1.18. The van der Waals surface area contributed by atoms with Crippen molar-refractivity contribution in [2.24, 2.45) is 12.0 Å². The number of halogens is 2. The lowest BCUT2D eigenvalue weighted by atomic mass is 10.2. The van der Waals surface area contributed by atoms with Crippen LogP contribution in [0.5, 0.6) is 0 Å². The molecule has 0 bridgehead atoms. The Morgan fingerprint density at radius 3 is 2.50 bits per heavy atom. The molecule has 0 aliphatic heterocycles. The first-order chi connectivity index (χ1) is 11.0. The molecule has 1 aromatic carbocycles. The molecule has 1 N–H and O–H groups in total. The zero-order valence-electron chi connectivity index (χ0n) is 14.5. The molecule has 0 atom stereocenters. The molecule has 132 valence electrons. The summed E-state index contributed by atoms with van der Waals surface area (Å²) in [6.45, 7) is 6.03. The van der Waals surface area contributed by atoms with Gasteiger partial charge in [0.1, 0.15) is 12.4 Å². The summed E-state index contributed by atoms with van der Waals surface area (Å²) in [4.78, 5) is 6.73. The van der Waals surface area contributed by atoms with E-state index >= 15 is 0 Å². The summed E-state index contributed by atoms with van der Waals surface area (Å²) in [5.74, 6) is 2.57. The lowest BCUT2D eigenvalue weighted by molar-refractivity contribution is 0.476. The Morgan fingerprint density at radius 1 is 1.29 bits per heavy atom. The molecule has 0 spiro atoms. The fourth-order valence-corrected chi connectivity index (χ4v) is 2.27. The molecule has 2 rings (SSSR count). The topological polar surface area (TPSA) is 58.3 Å². The molecule has 8 heteroatoms. The van der Waals surface area contributed by atoms with Gasteiger partial charge in [-0.25, -0.2) is 4.99 Å². The van der Waals surface area contributed by atoms with Gasteiger partial charge in [-0.2, -0.15) is 0 Å². The van der Waals surface area contributed by atoms with Crippen LogP contribution in [0.4, 0.5) is 0 Å². The third-order valence-electron chi connectivity index (χ3n) is 3.58. The molecule has 0 aliphatic carbocycles. The molecule has 24 heavy (non-hydrogen) atoms. The van der Waals surface area contributed by atoms with Gasteiger partial charge in [0.2, 0.25) is 0 Å². The average molecular weight is 463 g/mol. The fraction of sp³-hybridized carbons (Fsp3) is 0.438. The van der Waals surface area contributed by atoms with E-state index in [1.54, 1.807) is 0 Å². The zero-order valence-corrected chi connectivity index (χ0v) is 17.5. The van der Waals surface area contributed by atoms with Crippen LogP contribution in [-0.2, 0) is 20.1 Å². The van der Waals surface area contributed by atoms with Crippen LogP contribution in [0.25, 0.3) is 0 Å². The van der Waals surface area contributed by atoms with Crippen molar-refractivity contribution in [2.75, 3.05) is 13.6 Å². The minimum absolute atomic E-state index is 0. The number of hydrogen-bond acceptors (Lipinski definition) is 3. The highest BCUT2D eigenvalue weighted by atomic mass is 127. The highest BCUT2D eigenvalue weighted by Gasteiger charge is 2.09. The maximum absolute atomic E-state index is 5.93. The van der Waals surface area contributed by atoms with Crippen molar-refractivity contribution >= 4 is 41.5 Å². The molecule has 0 saturated heterocycles. The first kappa shape index (κ1) is 20.7. The summed E-state index contributed by atoms with van der Waals surface area (Å²) in [6, 6.07) is 7.84. The fourth-order valence-electron chi connectivity index (χ4n) is 2.14. The van der Waals surface area contributed by atoms with Gasteiger partial charge in [-0.1, -0.05) is 23.7 Å². The molecule has 1 aromatic heterocycles. The van der Waals surface area contributed by atoms with Crippen molar-refractivity contribution < 1.29 is 0 Å². The first-order valence-electron chi connectivity index (χ1n) is 7.60. The average Bonchev–Trinajstić information content (AvgIpc) is 2.85. The standard InChI is InChI=1S/C16H23ClN6.HI/c1-5-18-16(19-10-15-21-20-12(2)23(15)4)22(3)11-13-6-8-14(17)9-7-13;/h6-9H,5,10-11H2,1-4H3,(H,18,19);1H. The second-order valence-electron chi connectivity index (χ2n) is 5.38. The van der Waals surface area contributed by atoms with E-state index in [1.165, 1.54) is 5.56 Å². The van der Waals surface area contributed by atoms with E-state index in [9.17, 15) is 0 Å². The highest BCUT2D eigenvalue weighted by Crippen LogP contribution is 2.11. The van der Waals surface area contributed by atoms with Crippen molar-refractivity contribution in [1.82, 2.24) is 25.0 Å². The third-order valence-corrected chi connectivity index (χ3v) is 3.83. The summed E-state index contributed by atoms with van der Waals surface area (Å²) in [5, 5.41) is 12.3. The summed E-state index contributed by atoms with van der Waals surface area (Å²) in [6.07, 6.45) is 0. The Hall–Kier alpha value is -1.35. The van der Waals surface area contributed by atoms with Crippen molar-refractivity contribution in [2.45, 2.75) is 26.9 Å². The number of aromatic nitrogens is 3. The van der Waals surface area contributed by atoms with Crippen LogP contribution in [0.2, 0.25) is 5.02 Å². The van der Waals surface area contributed by atoms with Crippen LogP contribution in [0.3, 0.4) is 0 Å². The highest BCUT2D eigenvalue weighted by molar-refractivity contribution is 14.0. The van der Waals surface area contributed by atoms with E-state index in [2.05, 4.69) is 32.3 Å². The Balaban J connectivity index is 0.00000288. The molecule has 0 amide bonds. The molecule has 1 heterocycles. The summed E-state index contributed by atoms with van der Waals surface area (Å²) in [7, 11) is 3.96. The van der Waals surface area contributed by atoms with Gasteiger partial charge in [-0.15, -0.1) is 34.2 Å². The number of guanidine groups is 1. The molecule has 0 aliphatic rings. The van der Waals surface area contributed by atoms with Crippen LogP contribution in [0, 0.1) is 6.92 Å². The van der Waals surface area contributed by atoms with Gasteiger partial charge in [-0.3, -0.25) is 0 Å². The monoisotopic (exact) mass is 462 g/mol. The molecular formula is C16H24ClIN6. The minimum Gasteiger partial charge on any atom is -0.357 e. The molecule has 0 unspecified atom stereocenters. The normalized spacial score (nSPS) is 11.1. The molecule has 0 saturated carbocycles. The van der Waals surface area contributed by atoms with Gasteiger partial charge < -0.3 is 14.8 Å². The van der Waals surface area contributed by atoms with Gasteiger partial charge in [0.05, 0.1) is 0 Å². The second kappa shape index (κ2) is 9.83. The van der Waals surface area contributed by atoms with Gasteiger partial charge in [-0.05, 0) is 31.5 Å². The van der Waals surface area contributed by atoms with Crippen LogP contribution >= 0.6 is 35.6 Å².